The quantitative estimate of drug-likeness (QED) is 0.285. The summed E-state index contributed by atoms with van der Waals surface area (Å²) >= 11 is 19.0. The molecule has 3 rings (SSSR count). The lowest BCUT2D eigenvalue weighted by Gasteiger charge is -2.22. The molecule has 3 aromatic rings. The van der Waals surface area contributed by atoms with E-state index in [4.69, 9.17) is 34.8 Å². The molecular formula is C23H21Cl3F3N5O2S. The molecule has 0 aliphatic carbocycles. The maximum absolute atomic E-state index is 13.0. The highest BCUT2D eigenvalue weighted by Gasteiger charge is 2.31. The first-order chi connectivity index (χ1) is 17.3. The number of nitrogens with one attached hydrogen (secondary N) is 2. The van der Waals surface area contributed by atoms with E-state index in [9.17, 15) is 22.8 Å². The van der Waals surface area contributed by atoms with Crippen LogP contribution in [-0.2, 0) is 18.0 Å². The van der Waals surface area contributed by atoms with Gasteiger partial charge in [0, 0.05) is 12.1 Å². The number of halogens is 6. The minimum absolute atomic E-state index is 0.0244. The minimum atomic E-state index is -4.57. The zero-order valence-electron chi connectivity index (χ0n) is 19.7. The van der Waals surface area contributed by atoms with E-state index in [-0.39, 0.29) is 33.0 Å². The second kappa shape index (κ2) is 11.9. The van der Waals surface area contributed by atoms with Gasteiger partial charge in [-0.05, 0) is 42.3 Å². The van der Waals surface area contributed by atoms with Gasteiger partial charge in [0.2, 0.25) is 5.91 Å². The van der Waals surface area contributed by atoms with Crippen molar-refractivity contribution < 1.29 is 22.8 Å². The van der Waals surface area contributed by atoms with Crippen LogP contribution in [0.2, 0.25) is 15.1 Å². The number of alkyl halides is 3. The number of nitrogens with zero attached hydrogens (tertiary/aromatic N) is 3. The van der Waals surface area contributed by atoms with E-state index >= 15 is 0 Å². The van der Waals surface area contributed by atoms with Crippen molar-refractivity contribution >= 4 is 64.1 Å². The second-order valence-electron chi connectivity index (χ2n) is 8.25. The predicted molar refractivity (Wildman–Crippen MR) is 138 cm³/mol. The van der Waals surface area contributed by atoms with Crippen LogP contribution in [0.3, 0.4) is 0 Å². The molecule has 37 heavy (non-hydrogen) atoms. The van der Waals surface area contributed by atoms with Crippen LogP contribution in [0.4, 0.5) is 18.9 Å². The van der Waals surface area contributed by atoms with Crippen LogP contribution < -0.4 is 10.6 Å². The second-order valence-corrected chi connectivity index (χ2v) is 10.4. The molecule has 0 aliphatic rings. The van der Waals surface area contributed by atoms with Gasteiger partial charge >= 0.3 is 6.18 Å². The molecular weight excluding hydrogens is 574 g/mol. The molecule has 2 amide bonds. The van der Waals surface area contributed by atoms with Crippen LogP contribution in [0.5, 0.6) is 0 Å². The number of rotatable bonds is 8. The highest BCUT2D eigenvalue weighted by Crippen LogP contribution is 2.34. The van der Waals surface area contributed by atoms with Crippen LogP contribution in [0.1, 0.15) is 41.6 Å². The first-order valence-corrected chi connectivity index (χ1v) is 12.8. The number of aromatic nitrogens is 3. The lowest BCUT2D eigenvalue weighted by Crippen LogP contribution is -2.33. The average molecular weight is 595 g/mol. The summed E-state index contributed by atoms with van der Waals surface area (Å²) in [5, 5.41) is 14.5. The largest absolute Gasteiger partial charge is 0.416 e. The molecule has 7 nitrogen and oxygen atoms in total. The summed E-state index contributed by atoms with van der Waals surface area (Å²) in [5.41, 5.74) is -0.831. The molecule has 1 atom stereocenters. The summed E-state index contributed by atoms with van der Waals surface area (Å²) in [7, 11) is 1.68. The van der Waals surface area contributed by atoms with Crippen molar-refractivity contribution in [2.45, 2.75) is 31.2 Å². The molecule has 0 unspecified atom stereocenters. The predicted octanol–water partition coefficient (Wildman–Crippen LogP) is 6.65. The van der Waals surface area contributed by atoms with Gasteiger partial charge in [-0.25, -0.2) is 0 Å². The van der Waals surface area contributed by atoms with E-state index in [0.29, 0.717) is 16.0 Å². The van der Waals surface area contributed by atoms with Crippen LogP contribution in [0.15, 0.2) is 41.6 Å². The lowest BCUT2D eigenvalue weighted by atomic mass is 10.0. The van der Waals surface area contributed by atoms with Gasteiger partial charge < -0.3 is 15.2 Å². The number of benzene rings is 2. The molecule has 0 spiro atoms. The summed E-state index contributed by atoms with van der Waals surface area (Å²) in [6, 6.07) is 6.68. The Morgan fingerprint density at radius 2 is 1.76 bits per heavy atom. The van der Waals surface area contributed by atoms with Crippen molar-refractivity contribution in [3.63, 3.8) is 0 Å². The first-order valence-electron chi connectivity index (χ1n) is 10.7. The molecule has 1 heterocycles. The molecule has 0 radical (unpaired) electrons. The van der Waals surface area contributed by atoms with E-state index in [2.05, 4.69) is 20.8 Å². The molecule has 1 aromatic heterocycles. The van der Waals surface area contributed by atoms with Crippen LogP contribution in [0, 0.1) is 5.92 Å². The van der Waals surface area contributed by atoms with Crippen molar-refractivity contribution in [1.29, 1.82) is 0 Å². The highest BCUT2D eigenvalue weighted by molar-refractivity contribution is 7.99. The van der Waals surface area contributed by atoms with Gasteiger partial charge in [-0.2, -0.15) is 13.2 Å². The van der Waals surface area contributed by atoms with Crippen LogP contribution in [-0.4, -0.2) is 32.3 Å². The Morgan fingerprint density at radius 1 is 1.05 bits per heavy atom. The number of anilines is 1. The fourth-order valence-corrected chi connectivity index (χ4v) is 4.64. The van der Waals surface area contributed by atoms with Crippen molar-refractivity contribution in [1.82, 2.24) is 20.1 Å². The van der Waals surface area contributed by atoms with E-state index < -0.39 is 29.6 Å². The number of amides is 2. The van der Waals surface area contributed by atoms with E-state index in [1.807, 2.05) is 13.8 Å². The van der Waals surface area contributed by atoms with Crippen LogP contribution >= 0.6 is 46.6 Å². The third kappa shape index (κ3) is 7.31. The molecule has 0 bridgehead atoms. The lowest BCUT2D eigenvalue weighted by molar-refractivity contribution is -0.137. The summed E-state index contributed by atoms with van der Waals surface area (Å²) in [5.74, 6) is -0.811. The van der Waals surface area contributed by atoms with Gasteiger partial charge in [-0.15, -0.1) is 10.2 Å². The molecule has 2 aromatic carbocycles. The Balaban J connectivity index is 1.70. The van der Waals surface area contributed by atoms with Gasteiger partial charge in [0.05, 0.1) is 38.7 Å². The van der Waals surface area contributed by atoms with Crippen LogP contribution in [0.25, 0.3) is 0 Å². The fourth-order valence-electron chi connectivity index (χ4n) is 3.26. The summed E-state index contributed by atoms with van der Waals surface area (Å²) in [6.45, 7) is 3.78. The van der Waals surface area contributed by atoms with E-state index in [1.54, 1.807) is 17.7 Å². The van der Waals surface area contributed by atoms with E-state index in [1.165, 1.54) is 12.1 Å². The molecule has 0 saturated carbocycles. The van der Waals surface area contributed by atoms with Gasteiger partial charge in [-0.1, -0.05) is 60.4 Å². The zero-order valence-corrected chi connectivity index (χ0v) is 22.7. The number of thioether (sulfide) groups is 1. The Kier molecular flexibility index (Phi) is 9.38. The normalized spacial score (nSPS) is 12.5. The molecule has 0 saturated heterocycles. The van der Waals surface area contributed by atoms with Crippen molar-refractivity contribution in [2.24, 2.45) is 13.0 Å². The summed E-state index contributed by atoms with van der Waals surface area (Å²) in [4.78, 5) is 25.3. The number of carbonyl (C=O) groups is 2. The summed E-state index contributed by atoms with van der Waals surface area (Å²) in [6.07, 6.45) is -4.57. The maximum Gasteiger partial charge on any atom is 0.416 e. The molecule has 2 N–H and O–H groups in total. The van der Waals surface area contributed by atoms with Gasteiger partial charge in [0.15, 0.2) is 11.0 Å². The SMILES string of the molecule is CC(C)[C@H](NC(=O)c1ccc(Cl)cc1Cl)c1nnc(SCC(=O)Nc2cc(C(F)(F)F)ccc2Cl)n1C. The van der Waals surface area contributed by atoms with Gasteiger partial charge in [0.25, 0.3) is 5.91 Å². The number of carbonyl (C=O) groups excluding carboxylic acids is 2. The standard InChI is InChI=1S/C23H21Cl3F3N5O2S/c1-11(2)19(31-21(36)14-6-5-13(24)9-16(14)26)20-32-33-22(34(20)3)37-10-18(35)30-17-8-12(23(27,28)29)4-7-15(17)25/h4-9,11,19H,10H2,1-3H3,(H,30,35)(H,31,36)/t19-/m0/s1. The van der Waals surface area contributed by atoms with Crippen molar-refractivity contribution in [3.8, 4) is 0 Å². The van der Waals surface area contributed by atoms with Gasteiger partial charge in [0.1, 0.15) is 0 Å². The van der Waals surface area contributed by atoms with Crippen molar-refractivity contribution in [2.75, 3.05) is 11.1 Å². The molecule has 14 heteroatoms. The van der Waals surface area contributed by atoms with Gasteiger partial charge in [-0.3, -0.25) is 9.59 Å². The number of hydrogen-bond acceptors (Lipinski definition) is 5. The minimum Gasteiger partial charge on any atom is -0.342 e. The first kappa shape index (κ1) is 29.1. The monoisotopic (exact) mass is 593 g/mol. The third-order valence-corrected chi connectivity index (χ3v) is 7.07. The van der Waals surface area contributed by atoms with Crippen molar-refractivity contribution in [3.05, 3.63) is 68.4 Å². The Morgan fingerprint density at radius 3 is 2.38 bits per heavy atom. The van der Waals surface area contributed by atoms with E-state index in [0.717, 1.165) is 30.0 Å². The molecule has 0 aliphatic heterocycles. The zero-order chi connectivity index (χ0) is 27.5. The highest BCUT2D eigenvalue weighted by atomic mass is 35.5. The summed E-state index contributed by atoms with van der Waals surface area (Å²) < 4.78 is 40.5. The topological polar surface area (TPSA) is 88.9 Å². The maximum atomic E-state index is 13.0. The molecule has 198 valence electrons. The Hall–Kier alpha value is -2.47. The smallest absolute Gasteiger partial charge is 0.342 e. The Bertz CT molecular complexity index is 1320. The fraction of sp³-hybridized carbons (Fsp3) is 0.304. The average Bonchev–Trinajstić information content (AvgIpc) is 3.16. The molecule has 0 fully saturated rings. The number of hydrogen-bond donors (Lipinski definition) is 2. The Labute approximate surface area is 230 Å². The third-order valence-electron chi connectivity index (χ3n) is 5.18.